The normalized spacial score (nSPS) is 11.9. The Morgan fingerprint density at radius 3 is 2.61 bits per heavy atom. The van der Waals surface area contributed by atoms with Crippen molar-refractivity contribution in [1.82, 2.24) is 4.90 Å². The zero-order chi connectivity index (χ0) is 13.9. The monoisotopic (exact) mass is 270 g/mol. The van der Waals surface area contributed by atoms with Gasteiger partial charge in [-0.2, -0.15) is 0 Å². The van der Waals surface area contributed by atoms with Crippen molar-refractivity contribution in [2.24, 2.45) is 5.73 Å². The largest absolute Gasteiger partial charge is 0.389 e. The molecule has 0 saturated carbocycles. The molecule has 0 fully saturated rings. The number of hydrogen-bond donors (Lipinski definition) is 2. The molecule has 0 spiro atoms. The van der Waals surface area contributed by atoms with E-state index in [-0.39, 0.29) is 16.4 Å². The number of thiocarbonyl (C=S) groups is 1. The molecule has 100 valence electrons. The maximum atomic E-state index is 14.1. The minimum Gasteiger partial charge on any atom is -0.389 e. The summed E-state index contributed by atoms with van der Waals surface area (Å²) < 4.78 is 14.1. The molecule has 0 heterocycles. The van der Waals surface area contributed by atoms with Gasteiger partial charge in [0.2, 0.25) is 0 Å². The summed E-state index contributed by atoms with van der Waals surface area (Å²) in [6, 6.07) is 4.99. The van der Waals surface area contributed by atoms with Gasteiger partial charge >= 0.3 is 0 Å². The highest BCUT2D eigenvalue weighted by Crippen LogP contribution is 2.15. The van der Waals surface area contributed by atoms with Crippen molar-refractivity contribution >= 4 is 17.2 Å². The third-order valence-electron chi connectivity index (χ3n) is 2.44. The van der Waals surface area contributed by atoms with E-state index >= 15 is 0 Å². The van der Waals surface area contributed by atoms with Crippen LogP contribution in [0.4, 0.5) is 4.39 Å². The van der Waals surface area contributed by atoms with E-state index < -0.39 is 5.60 Å². The lowest BCUT2D eigenvalue weighted by molar-refractivity contribution is 0.0422. The Kier molecular flexibility index (Phi) is 4.78. The van der Waals surface area contributed by atoms with Crippen LogP contribution in [0.5, 0.6) is 0 Å². The predicted molar refractivity (Wildman–Crippen MR) is 74.9 cm³/mol. The highest BCUT2D eigenvalue weighted by molar-refractivity contribution is 7.80. The Morgan fingerprint density at radius 2 is 2.11 bits per heavy atom. The van der Waals surface area contributed by atoms with E-state index in [0.717, 1.165) is 0 Å². The quantitative estimate of drug-likeness (QED) is 0.799. The third kappa shape index (κ3) is 4.33. The van der Waals surface area contributed by atoms with Crippen LogP contribution in [0.25, 0.3) is 0 Å². The Bertz CT molecular complexity index is 443. The fourth-order valence-electron chi connectivity index (χ4n) is 1.90. The average Bonchev–Trinajstić information content (AvgIpc) is 2.17. The summed E-state index contributed by atoms with van der Waals surface area (Å²) in [5.41, 5.74) is 5.42. The number of halogens is 1. The third-order valence-corrected chi connectivity index (χ3v) is 2.66. The van der Waals surface area contributed by atoms with Gasteiger partial charge in [0, 0.05) is 24.2 Å². The van der Waals surface area contributed by atoms with Crippen molar-refractivity contribution in [2.75, 3.05) is 13.6 Å². The summed E-state index contributed by atoms with van der Waals surface area (Å²) in [6.45, 7) is 4.27. The summed E-state index contributed by atoms with van der Waals surface area (Å²) in [4.78, 5) is 1.90. The molecule has 5 heteroatoms. The number of benzene rings is 1. The van der Waals surface area contributed by atoms with Crippen LogP contribution in [0, 0.1) is 5.82 Å². The van der Waals surface area contributed by atoms with Gasteiger partial charge < -0.3 is 10.8 Å². The molecule has 0 atom stereocenters. The van der Waals surface area contributed by atoms with Crippen molar-refractivity contribution in [1.29, 1.82) is 0 Å². The molecule has 0 amide bonds. The molecular formula is C13H19FN2OS. The van der Waals surface area contributed by atoms with Crippen LogP contribution in [-0.2, 0) is 6.54 Å². The second-order valence-electron chi connectivity index (χ2n) is 5.13. The number of likely N-dealkylation sites (N-methyl/N-ethyl adjacent to an activating group) is 1. The summed E-state index contributed by atoms with van der Waals surface area (Å²) in [6.07, 6.45) is 0. The van der Waals surface area contributed by atoms with Gasteiger partial charge in [0.05, 0.1) is 5.60 Å². The molecule has 0 aliphatic heterocycles. The lowest BCUT2D eigenvalue weighted by Crippen LogP contribution is -2.36. The molecule has 3 nitrogen and oxygen atoms in total. The van der Waals surface area contributed by atoms with Crippen molar-refractivity contribution in [3.8, 4) is 0 Å². The fourth-order valence-corrected chi connectivity index (χ4v) is 2.06. The summed E-state index contributed by atoms with van der Waals surface area (Å²) in [5.74, 6) is -0.382. The number of hydrogen-bond acceptors (Lipinski definition) is 3. The molecule has 1 rings (SSSR count). The van der Waals surface area contributed by atoms with Crippen LogP contribution in [0.3, 0.4) is 0 Å². The van der Waals surface area contributed by atoms with E-state index in [0.29, 0.717) is 18.7 Å². The topological polar surface area (TPSA) is 49.5 Å². The first-order valence-corrected chi connectivity index (χ1v) is 6.09. The lowest BCUT2D eigenvalue weighted by Gasteiger charge is -2.25. The number of nitrogens with zero attached hydrogens (tertiary/aromatic N) is 1. The van der Waals surface area contributed by atoms with Gasteiger partial charge in [-0.15, -0.1) is 0 Å². The standard InChI is InChI=1S/C13H19FN2OS/c1-13(2,17)8-16(3)7-9-5-4-6-10(11(9)14)12(15)18/h4-6,17H,7-8H2,1-3H3,(H2,15,18). The van der Waals surface area contributed by atoms with E-state index in [1.54, 1.807) is 32.0 Å². The first-order valence-electron chi connectivity index (χ1n) is 5.69. The number of nitrogens with two attached hydrogens (primary N) is 1. The molecular weight excluding hydrogens is 251 g/mol. The Morgan fingerprint density at radius 1 is 1.50 bits per heavy atom. The molecule has 0 radical (unpaired) electrons. The van der Waals surface area contributed by atoms with Gasteiger partial charge in [-0.25, -0.2) is 4.39 Å². The summed E-state index contributed by atoms with van der Waals surface area (Å²) in [5, 5.41) is 9.70. The number of rotatable bonds is 5. The Labute approximate surface area is 112 Å². The van der Waals surface area contributed by atoms with Crippen LogP contribution < -0.4 is 5.73 Å². The Balaban J connectivity index is 2.85. The maximum absolute atomic E-state index is 14.1. The molecule has 1 aromatic carbocycles. The highest BCUT2D eigenvalue weighted by atomic mass is 32.1. The lowest BCUT2D eigenvalue weighted by atomic mass is 10.1. The van der Waals surface area contributed by atoms with Crippen molar-refractivity contribution < 1.29 is 9.50 Å². The molecule has 18 heavy (non-hydrogen) atoms. The molecule has 0 unspecified atom stereocenters. The van der Waals surface area contributed by atoms with Gasteiger partial charge in [0.1, 0.15) is 10.8 Å². The van der Waals surface area contributed by atoms with Crippen LogP contribution >= 0.6 is 12.2 Å². The SMILES string of the molecule is CN(Cc1cccc(C(N)=S)c1F)CC(C)(C)O. The second-order valence-corrected chi connectivity index (χ2v) is 5.57. The second kappa shape index (κ2) is 5.73. The average molecular weight is 270 g/mol. The molecule has 3 N–H and O–H groups in total. The minimum absolute atomic E-state index is 0.0551. The van der Waals surface area contributed by atoms with Crippen molar-refractivity contribution in [3.05, 3.63) is 35.1 Å². The molecule has 0 aliphatic rings. The molecule has 0 aromatic heterocycles. The van der Waals surface area contributed by atoms with E-state index in [2.05, 4.69) is 0 Å². The molecule has 0 aliphatic carbocycles. The molecule has 1 aromatic rings. The zero-order valence-electron chi connectivity index (χ0n) is 10.9. The van der Waals surface area contributed by atoms with E-state index in [1.165, 1.54) is 0 Å². The molecule has 0 saturated heterocycles. The van der Waals surface area contributed by atoms with Crippen molar-refractivity contribution in [2.45, 2.75) is 26.0 Å². The van der Waals surface area contributed by atoms with Gasteiger partial charge in [-0.3, -0.25) is 4.90 Å². The zero-order valence-corrected chi connectivity index (χ0v) is 11.7. The van der Waals surface area contributed by atoms with E-state index in [1.807, 2.05) is 11.9 Å². The van der Waals surface area contributed by atoms with Crippen molar-refractivity contribution in [3.63, 3.8) is 0 Å². The molecule has 0 bridgehead atoms. The summed E-state index contributed by atoms with van der Waals surface area (Å²) in [7, 11) is 1.82. The fraction of sp³-hybridized carbons (Fsp3) is 0.462. The van der Waals surface area contributed by atoms with Crippen LogP contribution in [-0.4, -0.2) is 34.2 Å². The first kappa shape index (κ1) is 15.0. The summed E-state index contributed by atoms with van der Waals surface area (Å²) >= 11 is 4.79. The predicted octanol–water partition coefficient (Wildman–Crippen LogP) is 1.66. The van der Waals surface area contributed by atoms with Crippen LogP contribution in [0.2, 0.25) is 0 Å². The van der Waals surface area contributed by atoms with Gasteiger partial charge in [-0.05, 0) is 27.0 Å². The minimum atomic E-state index is -0.813. The van der Waals surface area contributed by atoms with Gasteiger partial charge in [0.15, 0.2) is 0 Å². The van der Waals surface area contributed by atoms with Crippen LogP contribution in [0.1, 0.15) is 25.0 Å². The van der Waals surface area contributed by atoms with Gasteiger partial charge in [-0.1, -0.05) is 24.4 Å². The maximum Gasteiger partial charge on any atom is 0.137 e. The Hall–Kier alpha value is -1.04. The number of aliphatic hydroxyl groups is 1. The van der Waals surface area contributed by atoms with E-state index in [4.69, 9.17) is 18.0 Å². The first-order chi connectivity index (χ1) is 8.20. The highest BCUT2D eigenvalue weighted by Gasteiger charge is 2.17. The van der Waals surface area contributed by atoms with Crippen LogP contribution in [0.15, 0.2) is 18.2 Å². The van der Waals surface area contributed by atoms with Gasteiger partial charge in [0.25, 0.3) is 0 Å². The smallest absolute Gasteiger partial charge is 0.137 e. The van der Waals surface area contributed by atoms with E-state index in [9.17, 15) is 9.50 Å².